The normalized spacial score (nSPS) is 12.2. The van der Waals surface area contributed by atoms with Gasteiger partial charge in [-0.05, 0) is 32.9 Å². The molecule has 0 radical (unpaired) electrons. The Hall–Kier alpha value is -2.51. The summed E-state index contributed by atoms with van der Waals surface area (Å²) in [7, 11) is 0. The van der Waals surface area contributed by atoms with Crippen molar-refractivity contribution < 1.29 is 27.1 Å². The maximum Gasteiger partial charge on any atom is 0.417 e. The van der Waals surface area contributed by atoms with Crippen molar-refractivity contribution in [2.24, 2.45) is 0 Å². The van der Waals surface area contributed by atoms with Gasteiger partial charge in [0.2, 0.25) is 0 Å². The summed E-state index contributed by atoms with van der Waals surface area (Å²) in [6.45, 7) is 5.09. The molecule has 0 unspecified atom stereocenters. The van der Waals surface area contributed by atoms with Crippen molar-refractivity contribution in [1.29, 1.82) is 0 Å². The van der Waals surface area contributed by atoms with Gasteiger partial charge in [-0.1, -0.05) is 0 Å². The summed E-state index contributed by atoms with van der Waals surface area (Å²) in [6.07, 6.45) is -4.68. The molecule has 0 aliphatic rings. The summed E-state index contributed by atoms with van der Waals surface area (Å²) >= 11 is 0. The van der Waals surface area contributed by atoms with Crippen LogP contribution in [0.1, 0.15) is 26.3 Å². The van der Waals surface area contributed by atoms with Crippen LogP contribution in [0.5, 0.6) is 5.75 Å². The number of alkyl halides is 3. The van der Waals surface area contributed by atoms with Crippen LogP contribution in [0.2, 0.25) is 0 Å². The second-order valence-electron chi connectivity index (χ2n) is 6.22. The predicted octanol–water partition coefficient (Wildman–Crippen LogP) is 3.11. The van der Waals surface area contributed by atoms with Crippen molar-refractivity contribution in [2.75, 3.05) is 6.61 Å². The molecule has 0 atom stereocenters. The van der Waals surface area contributed by atoms with Crippen LogP contribution < -0.4 is 15.7 Å². The van der Waals surface area contributed by atoms with Crippen LogP contribution in [0.3, 0.4) is 0 Å². The third kappa shape index (κ3) is 4.50. The summed E-state index contributed by atoms with van der Waals surface area (Å²) in [5.74, 6) is -0.262. The van der Waals surface area contributed by atoms with Gasteiger partial charge in [0, 0.05) is 23.1 Å². The van der Waals surface area contributed by atoms with Crippen molar-refractivity contribution in [1.82, 2.24) is 5.32 Å². The number of hydrogen-bond donors (Lipinski definition) is 1. The standard InChI is InChI=1S/C16H16F3NO4/c1-15(2,3)20-13(21)8-23-9-4-5-10-11(16(17,18)19)7-14(22)24-12(10)6-9/h4-7H,8H2,1-3H3,(H,20,21). The maximum absolute atomic E-state index is 12.9. The molecule has 1 aromatic heterocycles. The van der Waals surface area contributed by atoms with Gasteiger partial charge in [-0.2, -0.15) is 13.2 Å². The van der Waals surface area contributed by atoms with E-state index in [-0.39, 0.29) is 29.2 Å². The first-order chi connectivity index (χ1) is 11.0. The topological polar surface area (TPSA) is 68.5 Å². The highest BCUT2D eigenvalue weighted by Gasteiger charge is 2.33. The van der Waals surface area contributed by atoms with Crippen molar-refractivity contribution >= 4 is 16.9 Å². The van der Waals surface area contributed by atoms with Gasteiger partial charge in [0.15, 0.2) is 6.61 Å². The van der Waals surface area contributed by atoms with Gasteiger partial charge in [0.25, 0.3) is 5.91 Å². The number of carbonyl (C=O) groups is 1. The van der Waals surface area contributed by atoms with Crippen molar-refractivity contribution in [3.8, 4) is 5.75 Å². The zero-order valence-electron chi connectivity index (χ0n) is 13.3. The SMILES string of the molecule is CC(C)(C)NC(=O)COc1ccc2c(C(F)(F)F)cc(=O)oc2c1. The monoisotopic (exact) mass is 343 g/mol. The zero-order valence-corrected chi connectivity index (χ0v) is 13.3. The van der Waals surface area contributed by atoms with E-state index in [4.69, 9.17) is 9.15 Å². The molecular weight excluding hydrogens is 327 g/mol. The number of carbonyl (C=O) groups excluding carboxylic acids is 1. The second kappa shape index (κ2) is 6.18. The Morgan fingerprint density at radius 2 is 1.88 bits per heavy atom. The molecule has 2 rings (SSSR count). The molecule has 24 heavy (non-hydrogen) atoms. The largest absolute Gasteiger partial charge is 0.484 e. The van der Waals surface area contributed by atoms with Gasteiger partial charge >= 0.3 is 11.8 Å². The molecule has 0 aliphatic carbocycles. The maximum atomic E-state index is 12.9. The third-order valence-corrected chi connectivity index (χ3v) is 2.91. The van der Waals surface area contributed by atoms with E-state index in [1.165, 1.54) is 6.07 Å². The number of hydrogen-bond acceptors (Lipinski definition) is 4. The predicted molar refractivity (Wildman–Crippen MR) is 80.9 cm³/mol. The Morgan fingerprint density at radius 3 is 2.46 bits per heavy atom. The van der Waals surface area contributed by atoms with E-state index in [1.54, 1.807) is 20.8 Å². The minimum atomic E-state index is -4.68. The van der Waals surface area contributed by atoms with Crippen molar-refractivity contribution in [3.63, 3.8) is 0 Å². The highest BCUT2D eigenvalue weighted by Crippen LogP contribution is 2.34. The van der Waals surface area contributed by atoms with E-state index < -0.39 is 22.9 Å². The Labute approximate surface area is 135 Å². The van der Waals surface area contributed by atoms with E-state index in [2.05, 4.69) is 5.32 Å². The van der Waals surface area contributed by atoms with E-state index in [9.17, 15) is 22.8 Å². The van der Waals surface area contributed by atoms with Gasteiger partial charge in [0.05, 0.1) is 5.56 Å². The molecule has 0 spiro atoms. The molecule has 5 nitrogen and oxygen atoms in total. The van der Waals surface area contributed by atoms with Crippen LogP contribution >= 0.6 is 0 Å². The summed E-state index contributed by atoms with van der Waals surface area (Å²) in [5.41, 5.74) is -2.88. The average molecular weight is 343 g/mol. The molecule has 0 aliphatic heterocycles. The van der Waals surface area contributed by atoms with Gasteiger partial charge in [0.1, 0.15) is 11.3 Å². The van der Waals surface area contributed by atoms with Gasteiger partial charge in [-0.25, -0.2) is 4.79 Å². The Kier molecular flexibility index (Phi) is 4.59. The molecule has 130 valence electrons. The Balaban J connectivity index is 2.26. The number of fused-ring (bicyclic) bond motifs is 1. The molecule has 1 amide bonds. The summed E-state index contributed by atoms with van der Waals surface area (Å²) in [6, 6.07) is 3.97. The van der Waals surface area contributed by atoms with Crippen LogP contribution in [-0.4, -0.2) is 18.1 Å². The number of ether oxygens (including phenoxy) is 1. The third-order valence-electron chi connectivity index (χ3n) is 2.91. The highest BCUT2D eigenvalue weighted by molar-refractivity contribution is 5.82. The molecule has 2 aromatic rings. The number of nitrogens with one attached hydrogen (secondary N) is 1. The lowest BCUT2D eigenvalue weighted by Crippen LogP contribution is -2.43. The van der Waals surface area contributed by atoms with Gasteiger partial charge in [-0.15, -0.1) is 0 Å². The van der Waals surface area contributed by atoms with E-state index >= 15 is 0 Å². The Bertz CT molecular complexity index is 819. The first-order valence-corrected chi connectivity index (χ1v) is 7.05. The summed E-state index contributed by atoms with van der Waals surface area (Å²) < 4.78 is 48.9. The van der Waals surface area contributed by atoms with E-state index in [1.807, 2.05) is 0 Å². The minimum Gasteiger partial charge on any atom is -0.484 e. The molecule has 0 saturated carbocycles. The van der Waals surface area contributed by atoms with Crippen LogP contribution in [-0.2, 0) is 11.0 Å². The van der Waals surface area contributed by atoms with Crippen LogP contribution in [0.15, 0.2) is 33.5 Å². The molecule has 1 heterocycles. The summed E-state index contributed by atoms with van der Waals surface area (Å²) in [4.78, 5) is 23.0. The fraction of sp³-hybridized carbons (Fsp3) is 0.375. The number of benzene rings is 1. The molecule has 1 N–H and O–H groups in total. The zero-order chi connectivity index (χ0) is 18.1. The van der Waals surface area contributed by atoms with Crippen LogP contribution in [0.4, 0.5) is 13.2 Å². The smallest absolute Gasteiger partial charge is 0.417 e. The van der Waals surface area contributed by atoms with Crippen LogP contribution in [0.25, 0.3) is 11.0 Å². The number of amides is 1. The van der Waals surface area contributed by atoms with E-state index in [0.29, 0.717) is 6.07 Å². The second-order valence-corrected chi connectivity index (χ2v) is 6.22. The molecule has 1 aromatic carbocycles. The quantitative estimate of drug-likeness (QED) is 0.870. The fourth-order valence-corrected chi connectivity index (χ4v) is 2.07. The lowest BCUT2D eigenvalue weighted by atomic mass is 10.1. The average Bonchev–Trinajstić information content (AvgIpc) is 2.41. The lowest BCUT2D eigenvalue weighted by Gasteiger charge is -2.20. The molecule has 8 heteroatoms. The van der Waals surface area contributed by atoms with Crippen molar-refractivity contribution in [3.05, 3.63) is 40.2 Å². The number of rotatable bonds is 3. The first-order valence-electron chi connectivity index (χ1n) is 7.05. The number of halogens is 3. The van der Waals surface area contributed by atoms with Crippen LogP contribution in [0, 0.1) is 0 Å². The minimum absolute atomic E-state index is 0.119. The highest BCUT2D eigenvalue weighted by atomic mass is 19.4. The lowest BCUT2D eigenvalue weighted by molar-refractivity contribution is -0.136. The summed E-state index contributed by atoms with van der Waals surface area (Å²) in [5, 5.41) is 2.42. The molecule has 0 bridgehead atoms. The van der Waals surface area contributed by atoms with E-state index in [0.717, 1.165) is 12.1 Å². The molecule has 0 saturated heterocycles. The van der Waals surface area contributed by atoms with Gasteiger partial charge in [-0.3, -0.25) is 4.79 Å². The Morgan fingerprint density at radius 1 is 1.21 bits per heavy atom. The molecular formula is C16H16F3NO4. The first kappa shape index (κ1) is 17.8. The molecule has 0 fully saturated rings. The van der Waals surface area contributed by atoms with Crippen molar-refractivity contribution in [2.45, 2.75) is 32.5 Å². The fourth-order valence-electron chi connectivity index (χ4n) is 2.07. The van der Waals surface area contributed by atoms with Gasteiger partial charge < -0.3 is 14.5 Å².